The minimum Gasteiger partial charge on any atom is -0.486 e. The maximum atomic E-state index is 12.5. The number of hydrogen-bond acceptors (Lipinski definition) is 4. The van der Waals surface area contributed by atoms with Gasteiger partial charge >= 0.3 is 0 Å². The number of halogens is 1. The lowest BCUT2D eigenvalue weighted by Crippen LogP contribution is -2.40. The van der Waals surface area contributed by atoms with Gasteiger partial charge in [-0.15, -0.1) is 0 Å². The van der Waals surface area contributed by atoms with Gasteiger partial charge in [0.05, 0.1) is 6.54 Å². The van der Waals surface area contributed by atoms with Crippen molar-refractivity contribution in [2.75, 3.05) is 36.9 Å². The number of ether oxygens (including phenoxy) is 2. The molecule has 2 aromatic carbocycles. The Kier molecular flexibility index (Phi) is 6.59. The van der Waals surface area contributed by atoms with Crippen LogP contribution in [0.3, 0.4) is 0 Å². The van der Waals surface area contributed by atoms with E-state index in [0.29, 0.717) is 47.1 Å². The van der Waals surface area contributed by atoms with E-state index >= 15 is 0 Å². The Hall–Kier alpha value is -2.51. The molecule has 0 spiro atoms. The van der Waals surface area contributed by atoms with Crippen LogP contribution in [0.2, 0.25) is 5.02 Å². The summed E-state index contributed by atoms with van der Waals surface area (Å²) in [6, 6.07) is 10.9. The highest BCUT2D eigenvalue weighted by Gasteiger charge is 2.16. The van der Waals surface area contributed by atoms with E-state index < -0.39 is 0 Å². The zero-order valence-electron chi connectivity index (χ0n) is 15.8. The van der Waals surface area contributed by atoms with Gasteiger partial charge in [-0.3, -0.25) is 4.79 Å². The fourth-order valence-electron chi connectivity index (χ4n) is 2.76. The molecule has 148 valence electrons. The topological polar surface area (TPSA) is 62.8 Å². The number of rotatable bonds is 5. The molecule has 0 unspecified atom stereocenters. The SMILES string of the molecule is CCN(CC(=O)Nc1ccc2c(c1)OCCO2)C(=S)Nc1cccc(Cl)c1C. The van der Waals surface area contributed by atoms with Gasteiger partial charge in [-0.25, -0.2) is 0 Å². The summed E-state index contributed by atoms with van der Waals surface area (Å²) in [5, 5.41) is 7.16. The first-order valence-electron chi connectivity index (χ1n) is 8.98. The summed E-state index contributed by atoms with van der Waals surface area (Å²) in [5.74, 6) is 1.14. The molecule has 0 aliphatic carbocycles. The van der Waals surface area contributed by atoms with Crippen LogP contribution in [0, 0.1) is 6.92 Å². The molecular formula is C20H22ClN3O3S. The number of anilines is 2. The lowest BCUT2D eigenvalue weighted by Gasteiger charge is -2.24. The van der Waals surface area contributed by atoms with Crippen molar-refractivity contribution in [2.24, 2.45) is 0 Å². The van der Waals surface area contributed by atoms with Crippen molar-refractivity contribution in [3.8, 4) is 11.5 Å². The van der Waals surface area contributed by atoms with Crippen LogP contribution in [0.25, 0.3) is 0 Å². The maximum absolute atomic E-state index is 12.5. The van der Waals surface area contributed by atoms with Gasteiger partial charge in [0.15, 0.2) is 16.6 Å². The zero-order chi connectivity index (χ0) is 20.1. The van der Waals surface area contributed by atoms with Gasteiger partial charge in [-0.2, -0.15) is 0 Å². The fraction of sp³-hybridized carbons (Fsp3) is 0.300. The Labute approximate surface area is 174 Å². The minimum atomic E-state index is -0.175. The lowest BCUT2D eigenvalue weighted by atomic mass is 10.2. The van der Waals surface area contributed by atoms with Crippen molar-refractivity contribution in [2.45, 2.75) is 13.8 Å². The predicted octanol–water partition coefficient (Wildman–Crippen LogP) is 4.08. The van der Waals surface area contributed by atoms with Gasteiger partial charge in [0, 0.05) is 29.0 Å². The Morgan fingerprint density at radius 3 is 2.68 bits per heavy atom. The van der Waals surface area contributed by atoms with Gasteiger partial charge < -0.3 is 25.0 Å². The number of benzene rings is 2. The van der Waals surface area contributed by atoms with E-state index in [1.807, 2.05) is 32.0 Å². The summed E-state index contributed by atoms with van der Waals surface area (Å²) >= 11 is 11.6. The van der Waals surface area contributed by atoms with Crippen LogP contribution in [-0.2, 0) is 4.79 Å². The molecule has 1 aliphatic rings. The van der Waals surface area contributed by atoms with Gasteiger partial charge in [0.25, 0.3) is 0 Å². The zero-order valence-corrected chi connectivity index (χ0v) is 17.3. The molecule has 6 nitrogen and oxygen atoms in total. The number of carbonyl (C=O) groups excluding carboxylic acids is 1. The first-order chi connectivity index (χ1) is 13.5. The second-order valence-electron chi connectivity index (χ2n) is 6.26. The highest BCUT2D eigenvalue weighted by atomic mass is 35.5. The lowest BCUT2D eigenvalue weighted by molar-refractivity contribution is -0.116. The van der Waals surface area contributed by atoms with Crippen LogP contribution in [-0.4, -0.2) is 42.2 Å². The molecule has 2 aromatic rings. The van der Waals surface area contributed by atoms with E-state index in [2.05, 4.69) is 10.6 Å². The van der Waals surface area contributed by atoms with E-state index in [0.717, 1.165) is 11.3 Å². The van der Waals surface area contributed by atoms with Crippen LogP contribution in [0.5, 0.6) is 11.5 Å². The van der Waals surface area contributed by atoms with E-state index in [-0.39, 0.29) is 12.5 Å². The van der Waals surface area contributed by atoms with E-state index in [9.17, 15) is 4.79 Å². The first-order valence-corrected chi connectivity index (χ1v) is 9.77. The summed E-state index contributed by atoms with van der Waals surface area (Å²) in [5.41, 5.74) is 2.38. The van der Waals surface area contributed by atoms with Gasteiger partial charge in [-0.05, 0) is 55.9 Å². The van der Waals surface area contributed by atoms with Crippen molar-refractivity contribution in [3.63, 3.8) is 0 Å². The summed E-state index contributed by atoms with van der Waals surface area (Å²) in [4.78, 5) is 14.3. The van der Waals surface area contributed by atoms with E-state index in [4.69, 9.17) is 33.3 Å². The Morgan fingerprint density at radius 2 is 1.93 bits per heavy atom. The van der Waals surface area contributed by atoms with E-state index in [1.54, 1.807) is 23.1 Å². The highest BCUT2D eigenvalue weighted by Crippen LogP contribution is 2.32. The molecule has 0 aromatic heterocycles. The molecule has 28 heavy (non-hydrogen) atoms. The third-order valence-corrected chi connectivity index (χ3v) is 5.11. The summed E-state index contributed by atoms with van der Waals surface area (Å²) in [7, 11) is 0. The number of amides is 1. The molecule has 1 heterocycles. The van der Waals surface area contributed by atoms with Gasteiger partial charge in [0.1, 0.15) is 13.2 Å². The minimum absolute atomic E-state index is 0.121. The summed E-state index contributed by atoms with van der Waals surface area (Å²) in [6.45, 7) is 5.59. The largest absolute Gasteiger partial charge is 0.486 e. The molecule has 0 atom stereocenters. The van der Waals surface area contributed by atoms with Crippen LogP contribution in [0.4, 0.5) is 11.4 Å². The van der Waals surface area contributed by atoms with E-state index in [1.165, 1.54) is 0 Å². The molecular weight excluding hydrogens is 398 g/mol. The maximum Gasteiger partial charge on any atom is 0.243 e. The molecule has 0 bridgehead atoms. The first kappa shape index (κ1) is 20.2. The van der Waals surface area contributed by atoms with Crippen molar-refractivity contribution in [3.05, 3.63) is 47.0 Å². The van der Waals surface area contributed by atoms with Gasteiger partial charge in [-0.1, -0.05) is 17.7 Å². The number of carbonyl (C=O) groups is 1. The molecule has 8 heteroatoms. The monoisotopic (exact) mass is 419 g/mol. The highest BCUT2D eigenvalue weighted by molar-refractivity contribution is 7.80. The van der Waals surface area contributed by atoms with Crippen LogP contribution >= 0.6 is 23.8 Å². The summed E-state index contributed by atoms with van der Waals surface area (Å²) < 4.78 is 11.0. The average molecular weight is 420 g/mol. The number of thiocarbonyl (C=S) groups is 1. The molecule has 0 saturated heterocycles. The normalized spacial score (nSPS) is 12.2. The van der Waals surface area contributed by atoms with Gasteiger partial charge in [0.2, 0.25) is 5.91 Å². The van der Waals surface area contributed by atoms with Crippen molar-refractivity contribution < 1.29 is 14.3 Å². The third-order valence-electron chi connectivity index (χ3n) is 4.34. The second kappa shape index (κ2) is 9.12. The van der Waals surface area contributed by atoms with Crippen molar-refractivity contribution >= 4 is 46.2 Å². The molecule has 1 amide bonds. The molecule has 1 aliphatic heterocycles. The average Bonchev–Trinajstić information content (AvgIpc) is 2.69. The predicted molar refractivity (Wildman–Crippen MR) is 116 cm³/mol. The Morgan fingerprint density at radius 1 is 1.18 bits per heavy atom. The Bertz CT molecular complexity index is 891. The molecule has 0 radical (unpaired) electrons. The smallest absolute Gasteiger partial charge is 0.243 e. The third kappa shape index (κ3) is 4.85. The molecule has 3 rings (SSSR count). The Balaban J connectivity index is 1.61. The number of fused-ring (bicyclic) bond motifs is 1. The van der Waals surface area contributed by atoms with Crippen molar-refractivity contribution in [1.29, 1.82) is 0 Å². The van der Waals surface area contributed by atoms with Crippen molar-refractivity contribution in [1.82, 2.24) is 4.90 Å². The quantitative estimate of drug-likeness (QED) is 0.712. The number of hydrogen-bond donors (Lipinski definition) is 2. The number of likely N-dealkylation sites (N-methyl/N-ethyl adjacent to an activating group) is 1. The number of nitrogens with one attached hydrogen (secondary N) is 2. The molecule has 0 fully saturated rings. The fourth-order valence-corrected chi connectivity index (χ4v) is 3.24. The van der Waals surface area contributed by atoms with Crippen LogP contribution in [0.15, 0.2) is 36.4 Å². The second-order valence-corrected chi connectivity index (χ2v) is 7.06. The molecule has 2 N–H and O–H groups in total. The standard InChI is InChI=1S/C20H22ClN3O3S/c1-3-24(20(28)23-16-6-4-5-15(21)13(16)2)12-19(25)22-14-7-8-17-18(11-14)27-10-9-26-17/h4-8,11H,3,9-10,12H2,1-2H3,(H,22,25)(H,23,28). The van der Waals surface area contributed by atoms with Crippen LogP contribution in [0.1, 0.15) is 12.5 Å². The summed E-state index contributed by atoms with van der Waals surface area (Å²) in [6.07, 6.45) is 0. The number of nitrogens with zero attached hydrogens (tertiary/aromatic N) is 1. The molecule has 0 saturated carbocycles. The van der Waals surface area contributed by atoms with Crippen LogP contribution < -0.4 is 20.1 Å².